The molecule has 30 heavy (non-hydrogen) atoms. The summed E-state index contributed by atoms with van der Waals surface area (Å²) in [5.41, 5.74) is 3.08. The van der Waals surface area contributed by atoms with Gasteiger partial charge in [0.2, 0.25) is 10.3 Å². The Morgan fingerprint density at radius 1 is 1.13 bits per heavy atom. The third-order valence-electron chi connectivity index (χ3n) is 4.49. The number of nitriles is 1. The van der Waals surface area contributed by atoms with Gasteiger partial charge in [0, 0.05) is 11.3 Å². The summed E-state index contributed by atoms with van der Waals surface area (Å²) in [6.45, 7) is 0. The summed E-state index contributed by atoms with van der Waals surface area (Å²) in [5, 5.41) is 27.8. The number of hydrogen-bond donors (Lipinski definition) is 0. The molecule has 0 bridgehead atoms. The summed E-state index contributed by atoms with van der Waals surface area (Å²) >= 11 is 2.86. The van der Waals surface area contributed by atoms with Crippen molar-refractivity contribution in [1.29, 1.82) is 5.26 Å². The molecule has 5 rings (SSSR count). The molecule has 0 spiro atoms. The zero-order chi connectivity index (χ0) is 20.5. The lowest BCUT2D eigenvalue weighted by atomic mass is 10.1. The van der Waals surface area contributed by atoms with Gasteiger partial charge in [0.25, 0.3) is 5.78 Å². The molecule has 3 heterocycles. The van der Waals surface area contributed by atoms with Crippen LogP contribution >= 0.6 is 23.5 Å². The minimum absolute atomic E-state index is 0.0519. The Kier molecular flexibility index (Phi) is 4.82. The van der Waals surface area contributed by atoms with Gasteiger partial charge in [0.05, 0.1) is 23.1 Å². The number of fused-ring (bicyclic) bond motifs is 3. The van der Waals surface area contributed by atoms with E-state index in [1.807, 2.05) is 36.4 Å². The smallest absolute Gasteiger partial charge is 0.276 e. The Morgan fingerprint density at radius 3 is 2.70 bits per heavy atom. The van der Waals surface area contributed by atoms with Crippen LogP contribution in [-0.2, 0) is 0 Å². The zero-order valence-electron chi connectivity index (χ0n) is 15.5. The molecule has 0 fully saturated rings. The SMILES string of the molecule is N#Cc1ccc(C(=O)CSc2nnc3n4c(nn23)SCC(c2ccccc2)=N4)cc1. The molecule has 1 aliphatic rings. The second-order valence-electron chi connectivity index (χ2n) is 6.39. The van der Waals surface area contributed by atoms with E-state index in [1.165, 1.54) is 11.8 Å². The highest BCUT2D eigenvalue weighted by Crippen LogP contribution is 2.27. The number of carbonyl (C=O) groups is 1. The van der Waals surface area contributed by atoms with E-state index in [-0.39, 0.29) is 11.5 Å². The standard InChI is InChI=1S/C20H13N7OS2/c21-10-13-6-8-15(9-7-13)17(28)12-30-19-23-22-18-26(19)25-20-27(18)24-16(11-29-20)14-4-2-1-3-5-14/h1-9H,11-12H2. The number of aromatic nitrogens is 5. The molecule has 0 radical (unpaired) electrons. The molecule has 2 aromatic carbocycles. The third kappa shape index (κ3) is 3.38. The van der Waals surface area contributed by atoms with Crippen LogP contribution < -0.4 is 0 Å². The number of Topliss-reactive ketones (excluding diaryl/α,β-unsaturated/α-hetero) is 1. The number of hydrogen-bond acceptors (Lipinski definition) is 8. The van der Waals surface area contributed by atoms with Crippen LogP contribution in [0.2, 0.25) is 0 Å². The Bertz CT molecular complexity index is 1320. The normalized spacial score (nSPS) is 13.0. The van der Waals surface area contributed by atoms with Crippen LogP contribution in [0, 0.1) is 11.3 Å². The molecular formula is C20H13N7OS2. The zero-order valence-corrected chi connectivity index (χ0v) is 17.1. The van der Waals surface area contributed by atoms with Crippen LogP contribution in [0.4, 0.5) is 0 Å². The molecule has 0 atom stereocenters. The van der Waals surface area contributed by atoms with Crippen LogP contribution in [0.25, 0.3) is 5.78 Å². The lowest BCUT2D eigenvalue weighted by Crippen LogP contribution is -2.13. The minimum atomic E-state index is -0.0519. The van der Waals surface area contributed by atoms with Crippen molar-refractivity contribution in [2.45, 2.75) is 10.3 Å². The van der Waals surface area contributed by atoms with E-state index in [2.05, 4.69) is 15.3 Å². The highest BCUT2D eigenvalue weighted by Gasteiger charge is 2.23. The number of benzene rings is 2. The number of rotatable bonds is 5. The molecule has 2 aromatic heterocycles. The van der Waals surface area contributed by atoms with Gasteiger partial charge in [-0.25, -0.2) is 0 Å². The first kappa shape index (κ1) is 18.6. The van der Waals surface area contributed by atoms with E-state index in [1.54, 1.807) is 45.2 Å². The van der Waals surface area contributed by atoms with Crippen LogP contribution in [0.3, 0.4) is 0 Å². The van der Waals surface area contributed by atoms with E-state index in [0.717, 1.165) is 22.2 Å². The highest BCUT2D eigenvalue weighted by atomic mass is 32.2. The molecular weight excluding hydrogens is 418 g/mol. The maximum Gasteiger partial charge on any atom is 0.276 e. The first-order valence-corrected chi connectivity index (χ1v) is 11.0. The van der Waals surface area contributed by atoms with Crippen molar-refractivity contribution in [3.63, 3.8) is 0 Å². The van der Waals surface area contributed by atoms with Crippen LogP contribution in [0.5, 0.6) is 0 Å². The van der Waals surface area contributed by atoms with Gasteiger partial charge in [-0.3, -0.25) is 4.79 Å². The maximum atomic E-state index is 12.5. The van der Waals surface area contributed by atoms with Crippen molar-refractivity contribution in [2.75, 3.05) is 11.5 Å². The van der Waals surface area contributed by atoms with Crippen LogP contribution in [0.15, 0.2) is 70.0 Å². The molecule has 4 aromatic rings. The number of carbonyl (C=O) groups excluding carboxylic acids is 1. The summed E-state index contributed by atoms with van der Waals surface area (Å²) in [4.78, 5) is 12.5. The number of thioether (sulfide) groups is 2. The van der Waals surface area contributed by atoms with Crippen molar-refractivity contribution >= 4 is 40.8 Å². The second kappa shape index (κ2) is 7.78. The molecule has 0 saturated carbocycles. The Labute approximate surface area is 179 Å². The molecule has 0 amide bonds. The molecule has 0 unspecified atom stereocenters. The Balaban J connectivity index is 1.38. The highest BCUT2D eigenvalue weighted by molar-refractivity contribution is 8.00. The van der Waals surface area contributed by atoms with E-state index in [4.69, 9.17) is 10.4 Å². The van der Waals surface area contributed by atoms with Crippen molar-refractivity contribution in [3.8, 4) is 6.07 Å². The molecule has 10 heteroatoms. The monoisotopic (exact) mass is 431 g/mol. The first-order valence-electron chi connectivity index (χ1n) is 8.99. The average molecular weight is 432 g/mol. The van der Waals surface area contributed by atoms with Crippen molar-refractivity contribution < 1.29 is 4.79 Å². The molecule has 0 N–H and O–H groups in total. The fraction of sp³-hybridized carbons (Fsp3) is 0.100. The Hall–Kier alpha value is -3.42. The predicted octanol–water partition coefficient (Wildman–Crippen LogP) is 3.13. The van der Waals surface area contributed by atoms with Crippen molar-refractivity contribution in [2.24, 2.45) is 5.10 Å². The fourth-order valence-electron chi connectivity index (χ4n) is 2.96. The topological polar surface area (TPSA) is 101 Å². The fourth-order valence-corrected chi connectivity index (χ4v) is 4.60. The average Bonchev–Trinajstić information content (AvgIpc) is 3.37. The molecule has 146 valence electrons. The van der Waals surface area contributed by atoms with Gasteiger partial charge in [-0.05, 0) is 17.7 Å². The van der Waals surface area contributed by atoms with E-state index in [9.17, 15) is 4.79 Å². The first-order chi connectivity index (χ1) is 14.7. The summed E-state index contributed by atoms with van der Waals surface area (Å²) in [5.74, 6) is 1.38. The van der Waals surface area contributed by atoms with E-state index < -0.39 is 0 Å². The lowest BCUT2D eigenvalue weighted by Gasteiger charge is -2.11. The summed E-state index contributed by atoms with van der Waals surface area (Å²) in [6, 6.07) is 18.6. The van der Waals surface area contributed by atoms with Gasteiger partial charge in [-0.1, -0.05) is 66.0 Å². The molecule has 1 aliphatic heterocycles. The van der Waals surface area contributed by atoms with Gasteiger partial charge >= 0.3 is 0 Å². The van der Waals surface area contributed by atoms with Crippen LogP contribution in [0.1, 0.15) is 21.5 Å². The number of nitrogens with zero attached hydrogens (tertiary/aromatic N) is 7. The van der Waals surface area contributed by atoms with Gasteiger partial charge in [0.15, 0.2) is 5.78 Å². The second-order valence-corrected chi connectivity index (χ2v) is 8.28. The van der Waals surface area contributed by atoms with Gasteiger partial charge in [-0.2, -0.15) is 19.6 Å². The Morgan fingerprint density at radius 2 is 1.93 bits per heavy atom. The molecule has 0 saturated heterocycles. The van der Waals surface area contributed by atoms with Crippen LogP contribution in [-0.4, -0.2) is 47.5 Å². The van der Waals surface area contributed by atoms with Crippen molar-refractivity contribution in [1.82, 2.24) is 24.5 Å². The summed E-state index contributed by atoms with van der Waals surface area (Å²) < 4.78 is 3.31. The predicted molar refractivity (Wildman–Crippen MR) is 114 cm³/mol. The summed E-state index contributed by atoms with van der Waals surface area (Å²) in [7, 11) is 0. The van der Waals surface area contributed by atoms with Gasteiger partial charge in [0.1, 0.15) is 0 Å². The third-order valence-corrected chi connectivity index (χ3v) is 6.34. The van der Waals surface area contributed by atoms with E-state index in [0.29, 0.717) is 22.1 Å². The minimum Gasteiger partial charge on any atom is -0.293 e. The lowest BCUT2D eigenvalue weighted by molar-refractivity contribution is 0.102. The largest absolute Gasteiger partial charge is 0.293 e. The number of ketones is 1. The van der Waals surface area contributed by atoms with Crippen molar-refractivity contribution in [3.05, 3.63) is 71.3 Å². The van der Waals surface area contributed by atoms with Gasteiger partial charge < -0.3 is 0 Å². The quantitative estimate of drug-likeness (QED) is 0.353. The maximum absolute atomic E-state index is 12.5. The van der Waals surface area contributed by atoms with Gasteiger partial charge in [-0.15, -0.1) is 15.3 Å². The summed E-state index contributed by atoms with van der Waals surface area (Å²) in [6.07, 6.45) is 0. The molecule has 8 nitrogen and oxygen atoms in total. The van der Waals surface area contributed by atoms with E-state index >= 15 is 0 Å². The molecule has 0 aliphatic carbocycles.